The topological polar surface area (TPSA) is 64.8 Å². The molecule has 118 valence electrons. The predicted octanol–water partition coefficient (Wildman–Crippen LogP) is 1.41. The zero-order chi connectivity index (χ0) is 15.0. The molecule has 5 heteroatoms. The van der Waals surface area contributed by atoms with Gasteiger partial charge in [0.1, 0.15) is 5.54 Å². The third kappa shape index (κ3) is 4.72. The number of carbonyl (C=O) groups is 1. The molecular formula is C15H30N2O3. The highest BCUT2D eigenvalue weighted by Crippen LogP contribution is 2.37. The molecule has 2 atom stereocenters. The molecule has 0 radical (unpaired) electrons. The Kier molecular flexibility index (Phi) is 7.48. The van der Waals surface area contributed by atoms with Crippen LogP contribution in [0.1, 0.15) is 39.0 Å². The molecule has 0 aliphatic heterocycles. The van der Waals surface area contributed by atoms with Crippen molar-refractivity contribution in [3.63, 3.8) is 0 Å². The summed E-state index contributed by atoms with van der Waals surface area (Å²) < 4.78 is 10.2. The van der Waals surface area contributed by atoms with Gasteiger partial charge in [-0.25, -0.2) is 0 Å². The van der Waals surface area contributed by atoms with Gasteiger partial charge in [0, 0.05) is 20.3 Å². The van der Waals surface area contributed by atoms with Crippen molar-refractivity contribution in [1.29, 1.82) is 0 Å². The number of nitrogens with two attached hydrogens (primary N) is 1. The molecule has 0 spiro atoms. The monoisotopic (exact) mass is 286 g/mol. The van der Waals surface area contributed by atoms with Gasteiger partial charge in [-0.15, -0.1) is 0 Å². The molecule has 5 nitrogen and oxygen atoms in total. The second kappa shape index (κ2) is 8.60. The first-order valence-corrected chi connectivity index (χ1v) is 7.68. The molecule has 0 saturated heterocycles. The van der Waals surface area contributed by atoms with Crippen LogP contribution in [0.3, 0.4) is 0 Å². The van der Waals surface area contributed by atoms with Gasteiger partial charge in [0.05, 0.1) is 6.61 Å². The van der Waals surface area contributed by atoms with E-state index in [0.29, 0.717) is 6.61 Å². The Hall–Kier alpha value is -0.650. The smallest absolute Gasteiger partial charge is 0.326 e. The normalized spacial score (nSPS) is 26.1. The number of hydrogen-bond donors (Lipinski definition) is 1. The fourth-order valence-electron chi connectivity index (χ4n) is 3.01. The van der Waals surface area contributed by atoms with Crippen LogP contribution >= 0.6 is 0 Å². The maximum absolute atomic E-state index is 12.1. The van der Waals surface area contributed by atoms with Crippen LogP contribution in [0.15, 0.2) is 0 Å². The molecule has 20 heavy (non-hydrogen) atoms. The maximum atomic E-state index is 12.1. The van der Waals surface area contributed by atoms with Crippen molar-refractivity contribution >= 4 is 5.97 Å². The predicted molar refractivity (Wildman–Crippen MR) is 79.5 cm³/mol. The summed E-state index contributed by atoms with van der Waals surface area (Å²) >= 11 is 0. The summed E-state index contributed by atoms with van der Waals surface area (Å²) in [7, 11) is 3.83. The van der Waals surface area contributed by atoms with E-state index < -0.39 is 5.54 Å². The standard InChI is InChI=1S/C15H30N2O3/c1-4-20-14(18)15(16)9-5-7-13(15)8-11-17(2)10-6-12-19-3/h13H,4-12,16H2,1-3H3. The minimum absolute atomic E-state index is 0.218. The lowest BCUT2D eigenvalue weighted by atomic mass is 9.85. The van der Waals surface area contributed by atoms with E-state index in [1.165, 1.54) is 0 Å². The third-order valence-corrected chi connectivity index (χ3v) is 4.27. The van der Waals surface area contributed by atoms with Gasteiger partial charge in [-0.1, -0.05) is 6.42 Å². The van der Waals surface area contributed by atoms with E-state index in [-0.39, 0.29) is 11.9 Å². The van der Waals surface area contributed by atoms with E-state index in [4.69, 9.17) is 15.2 Å². The molecule has 0 aromatic heterocycles. The van der Waals surface area contributed by atoms with Crippen molar-refractivity contribution < 1.29 is 14.3 Å². The number of carbonyl (C=O) groups excluding carboxylic acids is 1. The first kappa shape index (κ1) is 17.4. The maximum Gasteiger partial charge on any atom is 0.326 e. The Balaban J connectivity index is 2.39. The summed E-state index contributed by atoms with van der Waals surface area (Å²) in [6, 6.07) is 0. The lowest BCUT2D eigenvalue weighted by molar-refractivity contribution is -0.151. The third-order valence-electron chi connectivity index (χ3n) is 4.27. The molecule has 1 fully saturated rings. The number of ether oxygens (including phenoxy) is 2. The quantitative estimate of drug-likeness (QED) is 0.513. The van der Waals surface area contributed by atoms with Crippen molar-refractivity contribution in [2.24, 2.45) is 11.7 Å². The average Bonchev–Trinajstić information content (AvgIpc) is 2.80. The molecule has 0 amide bonds. The Morgan fingerprint density at radius 2 is 2.20 bits per heavy atom. The number of nitrogens with zero attached hydrogens (tertiary/aromatic N) is 1. The summed E-state index contributed by atoms with van der Waals surface area (Å²) in [4.78, 5) is 14.3. The van der Waals surface area contributed by atoms with Crippen LogP contribution in [-0.4, -0.2) is 56.9 Å². The minimum Gasteiger partial charge on any atom is -0.465 e. The van der Waals surface area contributed by atoms with Crippen LogP contribution in [0, 0.1) is 5.92 Å². The van der Waals surface area contributed by atoms with E-state index in [0.717, 1.165) is 51.8 Å². The van der Waals surface area contributed by atoms with Crippen LogP contribution in [0.4, 0.5) is 0 Å². The number of esters is 1. The van der Waals surface area contributed by atoms with Crippen LogP contribution in [0.2, 0.25) is 0 Å². The molecule has 1 aliphatic carbocycles. The summed E-state index contributed by atoms with van der Waals surface area (Å²) in [5, 5.41) is 0. The number of methoxy groups -OCH3 is 1. The second-order valence-corrected chi connectivity index (χ2v) is 5.79. The molecule has 0 heterocycles. The lowest BCUT2D eigenvalue weighted by Crippen LogP contribution is -2.52. The van der Waals surface area contributed by atoms with Crippen molar-refractivity contribution in [2.75, 3.05) is 40.5 Å². The van der Waals surface area contributed by atoms with Crippen molar-refractivity contribution in [3.8, 4) is 0 Å². The minimum atomic E-state index is -0.761. The van der Waals surface area contributed by atoms with Crippen LogP contribution in [0.5, 0.6) is 0 Å². The van der Waals surface area contributed by atoms with Crippen molar-refractivity contribution in [2.45, 2.75) is 44.6 Å². The molecule has 0 aromatic carbocycles. The lowest BCUT2D eigenvalue weighted by Gasteiger charge is -2.30. The average molecular weight is 286 g/mol. The van der Waals surface area contributed by atoms with Gasteiger partial charge in [0.2, 0.25) is 0 Å². The Morgan fingerprint density at radius 1 is 1.45 bits per heavy atom. The van der Waals surface area contributed by atoms with E-state index in [1.54, 1.807) is 7.11 Å². The first-order chi connectivity index (χ1) is 9.54. The van der Waals surface area contributed by atoms with E-state index in [2.05, 4.69) is 11.9 Å². The molecular weight excluding hydrogens is 256 g/mol. The fourth-order valence-corrected chi connectivity index (χ4v) is 3.01. The SMILES string of the molecule is CCOC(=O)C1(N)CCCC1CCN(C)CCCOC. The summed E-state index contributed by atoms with van der Waals surface area (Å²) in [5.74, 6) is 0.0240. The van der Waals surface area contributed by atoms with Crippen LogP contribution < -0.4 is 5.73 Å². The summed E-state index contributed by atoms with van der Waals surface area (Å²) in [6.45, 7) is 5.00. The van der Waals surface area contributed by atoms with Gasteiger partial charge in [-0.05, 0) is 52.1 Å². The van der Waals surface area contributed by atoms with E-state index in [9.17, 15) is 4.79 Å². The zero-order valence-electron chi connectivity index (χ0n) is 13.2. The Labute approximate surface area is 122 Å². The molecule has 2 unspecified atom stereocenters. The Morgan fingerprint density at radius 3 is 2.85 bits per heavy atom. The Bertz CT molecular complexity index is 299. The van der Waals surface area contributed by atoms with Crippen LogP contribution in [-0.2, 0) is 14.3 Å². The fraction of sp³-hybridized carbons (Fsp3) is 0.933. The van der Waals surface area contributed by atoms with Gasteiger partial charge < -0.3 is 20.1 Å². The molecule has 1 aliphatic rings. The molecule has 0 bridgehead atoms. The molecule has 1 saturated carbocycles. The summed E-state index contributed by atoms with van der Waals surface area (Å²) in [5.41, 5.74) is 5.57. The highest BCUT2D eigenvalue weighted by Gasteiger charge is 2.46. The van der Waals surface area contributed by atoms with E-state index in [1.807, 2.05) is 6.92 Å². The van der Waals surface area contributed by atoms with E-state index >= 15 is 0 Å². The first-order valence-electron chi connectivity index (χ1n) is 7.68. The highest BCUT2D eigenvalue weighted by molar-refractivity contribution is 5.81. The highest BCUT2D eigenvalue weighted by atomic mass is 16.5. The van der Waals surface area contributed by atoms with Crippen molar-refractivity contribution in [3.05, 3.63) is 0 Å². The second-order valence-electron chi connectivity index (χ2n) is 5.79. The van der Waals surface area contributed by atoms with Gasteiger partial charge >= 0.3 is 5.97 Å². The van der Waals surface area contributed by atoms with Gasteiger partial charge in [0.25, 0.3) is 0 Å². The number of hydrogen-bond acceptors (Lipinski definition) is 5. The molecule has 2 N–H and O–H groups in total. The zero-order valence-corrected chi connectivity index (χ0v) is 13.2. The largest absolute Gasteiger partial charge is 0.465 e. The van der Waals surface area contributed by atoms with Gasteiger partial charge in [-0.3, -0.25) is 4.79 Å². The van der Waals surface area contributed by atoms with Gasteiger partial charge in [-0.2, -0.15) is 0 Å². The van der Waals surface area contributed by atoms with Crippen LogP contribution in [0.25, 0.3) is 0 Å². The van der Waals surface area contributed by atoms with Gasteiger partial charge in [0.15, 0.2) is 0 Å². The molecule has 0 aromatic rings. The number of rotatable bonds is 9. The van der Waals surface area contributed by atoms with Crippen molar-refractivity contribution in [1.82, 2.24) is 4.90 Å². The summed E-state index contributed by atoms with van der Waals surface area (Å²) in [6.07, 6.45) is 4.79. The molecule has 1 rings (SSSR count).